The topological polar surface area (TPSA) is 24.1 Å². The van der Waals surface area contributed by atoms with E-state index in [0.29, 0.717) is 0 Å². The van der Waals surface area contributed by atoms with Crippen LogP contribution in [0.25, 0.3) is 0 Å². The summed E-state index contributed by atoms with van der Waals surface area (Å²) in [5.41, 5.74) is 1.35. The molecule has 0 aromatic rings. The maximum atomic E-state index is 3.27. The van der Waals surface area contributed by atoms with E-state index >= 15 is 0 Å². The molecule has 1 aliphatic heterocycles. The highest BCUT2D eigenvalue weighted by Gasteiger charge is 2.02. The summed E-state index contributed by atoms with van der Waals surface area (Å²) in [5, 5.41) is 7.15. The lowest BCUT2D eigenvalue weighted by molar-refractivity contribution is 0.793. The van der Waals surface area contributed by atoms with Gasteiger partial charge in [-0.3, -0.25) is 0 Å². The predicted molar refractivity (Wildman–Crippen MR) is 53.5 cm³/mol. The van der Waals surface area contributed by atoms with Gasteiger partial charge in [-0.15, -0.1) is 0 Å². The Morgan fingerprint density at radius 2 is 2.55 bits per heavy atom. The monoisotopic (exact) mass is 174 g/mol. The second kappa shape index (κ2) is 4.54. The molecule has 0 saturated heterocycles. The fraction of sp³-hybridized carbons (Fsp3) is 0.750. The molecule has 0 aromatic heterocycles. The van der Waals surface area contributed by atoms with E-state index in [-0.39, 0.29) is 1.43 Å². The molecule has 1 heterocycles. The molecule has 0 unspecified atom stereocenters. The Hall–Kier alpha value is -0.310. The fourth-order valence-corrected chi connectivity index (χ4v) is 1.76. The van der Waals surface area contributed by atoms with Crippen LogP contribution in [-0.4, -0.2) is 17.7 Å². The number of nitrogens with one attached hydrogen (secondary N) is 2. The molecule has 2 nitrogen and oxygen atoms in total. The molecule has 0 radical (unpaired) electrons. The average molecular weight is 174 g/mol. The van der Waals surface area contributed by atoms with Crippen molar-refractivity contribution in [2.24, 2.45) is 0 Å². The molecule has 1 aliphatic rings. The van der Waals surface area contributed by atoms with Crippen LogP contribution in [0.3, 0.4) is 0 Å². The fourth-order valence-electron chi connectivity index (χ4n) is 0.955. The molecule has 11 heavy (non-hydrogen) atoms. The molecule has 0 aliphatic carbocycles. The van der Waals surface area contributed by atoms with Gasteiger partial charge in [-0.1, -0.05) is 13.8 Å². The third-order valence-electron chi connectivity index (χ3n) is 1.52. The Morgan fingerprint density at radius 3 is 3.09 bits per heavy atom. The minimum atomic E-state index is 0. The van der Waals surface area contributed by atoms with Gasteiger partial charge in [-0.2, -0.15) is 11.8 Å². The van der Waals surface area contributed by atoms with E-state index in [2.05, 4.69) is 30.7 Å². The molecule has 3 heteroatoms. The lowest BCUT2D eigenvalue weighted by Crippen LogP contribution is -2.14. The number of hydrogen-bond acceptors (Lipinski definition) is 3. The quantitative estimate of drug-likeness (QED) is 0.679. The molecule has 0 fully saturated rings. The van der Waals surface area contributed by atoms with Crippen LogP contribution in [0.15, 0.2) is 11.9 Å². The molecular formula is C8H18N2S. The third-order valence-corrected chi connectivity index (χ3v) is 2.62. The highest BCUT2D eigenvalue weighted by atomic mass is 32.2. The summed E-state index contributed by atoms with van der Waals surface area (Å²) < 4.78 is 0. The van der Waals surface area contributed by atoms with E-state index in [1.807, 2.05) is 11.8 Å². The SMILES string of the molecule is CC(C)SCCC1=CNCN1.[HH]. The van der Waals surface area contributed by atoms with Gasteiger partial charge in [-0.05, 0) is 17.4 Å². The molecule has 0 amide bonds. The third kappa shape index (κ3) is 3.56. The first-order valence-electron chi connectivity index (χ1n) is 4.07. The lowest BCUT2D eigenvalue weighted by atomic mass is 10.4. The van der Waals surface area contributed by atoms with Crippen molar-refractivity contribution < 1.29 is 1.43 Å². The van der Waals surface area contributed by atoms with Gasteiger partial charge in [0, 0.05) is 13.3 Å². The second-order valence-corrected chi connectivity index (χ2v) is 4.58. The van der Waals surface area contributed by atoms with Gasteiger partial charge in [0.1, 0.15) is 0 Å². The Bertz CT molecular complexity index is 148. The largest absolute Gasteiger partial charge is 0.372 e. The van der Waals surface area contributed by atoms with Gasteiger partial charge < -0.3 is 10.6 Å². The molecular weight excluding hydrogens is 156 g/mol. The minimum Gasteiger partial charge on any atom is -0.372 e. The first kappa shape index (κ1) is 8.78. The number of rotatable bonds is 4. The van der Waals surface area contributed by atoms with Crippen molar-refractivity contribution >= 4 is 11.8 Å². The Balaban J connectivity index is 0.00000121. The maximum Gasteiger partial charge on any atom is 0.0843 e. The van der Waals surface area contributed by atoms with Crippen LogP contribution in [-0.2, 0) is 0 Å². The molecule has 0 saturated carbocycles. The van der Waals surface area contributed by atoms with E-state index in [1.54, 1.807) is 0 Å². The molecule has 1 rings (SSSR count). The zero-order chi connectivity index (χ0) is 8.10. The standard InChI is InChI=1S/C8H16N2S.H2/c1-7(2)11-4-3-8-5-9-6-10-8;/h5,7,9-10H,3-4,6H2,1-2H3;1H. The van der Waals surface area contributed by atoms with Crippen LogP contribution in [0.5, 0.6) is 0 Å². The summed E-state index contributed by atoms with van der Waals surface area (Å²) in [4.78, 5) is 0. The average Bonchev–Trinajstić information content (AvgIpc) is 2.39. The van der Waals surface area contributed by atoms with Crippen molar-refractivity contribution in [1.82, 2.24) is 10.6 Å². The highest BCUT2D eigenvalue weighted by molar-refractivity contribution is 7.99. The normalized spacial score (nSPS) is 16.1. The number of allylic oxidation sites excluding steroid dienone is 1. The zero-order valence-electron chi connectivity index (χ0n) is 7.18. The van der Waals surface area contributed by atoms with Crippen molar-refractivity contribution in [1.29, 1.82) is 0 Å². The predicted octanol–water partition coefficient (Wildman–Crippen LogP) is 1.76. The van der Waals surface area contributed by atoms with E-state index in [0.717, 1.165) is 18.3 Å². The van der Waals surface area contributed by atoms with E-state index < -0.39 is 0 Å². The van der Waals surface area contributed by atoms with Gasteiger partial charge in [0.15, 0.2) is 0 Å². The van der Waals surface area contributed by atoms with Crippen molar-refractivity contribution in [3.8, 4) is 0 Å². The summed E-state index contributed by atoms with van der Waals surface area (Å²) in [6, 6.07) is 0. The second-order valence-electron chi connectivity index (χ2n) is 2.90. The summed E-state index contributed by atoms with van der Waals surface area (Å²) >= 11 is 2.01. The Morgan fingerprint density at radius 1 is 1.73 bits per heavy atom. The number of hydrogen-bond donors (Lipinski definition) is 2. The smallest absolute Gasteiger partial charge is 0.0843 e. The Kier molecular flexibility index (Phi) is 3.63. The van der Waals surface area contributed by atoms with Crippen molar-refractivity contribution in [2.75, 3.05) is 12.4 Å². The first-order valence-corrected chi connectivity index (χ1v) is 5.12. The molecule has 0 bridgehead atoms. The highest BCUT2D eigenvalue weighted by Crippen LogP contribution is 2.13. The lowest BCUT2D eigenvalue weighted by Gasteiger charge is -2.04. The molecule has 2 N–H and O–H groups in total. The van der Waals surface area contributed by atoms with Gasteiger partial charge >= 0.3 is 0 Å². The van der Waals surface area contributed by atoms with E-state index in [4.69, 9.17) is 0 Å². The molecule has 66 valence electrons. The van der Waals surface area contributed by atoms with Crippen LogP contribution in [0.4, 0.5) is 0 Å². The van der Waals surface area contributed by atoms with Crippen LogP contribution in [0, 0.1) is 0 Å². The van der Waals surface area contributed by atoms with Crippen molar-refractivity contribution in [3.63, 3.8) is 0 Å². The summed E-state index contributed by atoms with van der Waals surface area (Å²) in [7, 11) is 0. The summed E-state index contributed by atoms with van der Waals surface area (Å²) in [6.45, 7) is 5.38. The number of thioether (sulfide) groups is 1. The van der Waals surface area contributed by atoms with Crippen LogP contribution in [0.2, 0.25) is 0 Å². The van der Waals surface area contributed by atoms with Gasteiger partial charge in [-0.25, -0.2) is 0 Å². The van der Waals surface area contributed by atoms with Gasteiger partial charge in [0.05, 0.1) is 6.67 Å². The van der Waals surface area contributed by atoms with Crippen LogP contribution >= 0.6 is 11.8 Å². The van der Waals surface area contributed by atoms with Crippen molar-refractivity contribution in [3.05, 3.63) is 11.9 Å². The molecule has 0 aromatic carbocycles. The van der Waals surface area contributed by atoms with E-state index in [1.165, 1.54) is 11.4 Å². The van der Waals surface area contributed by atoms with Crippen LogP contribution in [0.1, 0.15) is 21.7 Å². The molecule has 0 atom stereocenters. The summed E-state index contributed by atoms with van der Waals surface area (Å²) in [5.74, 6) is 1.22. The summed E-state index contributed by atoms with van der Waals surface area (Å²) in [6.07, 6.45) is 3.23. The minimum absolute atomic E-state index is 0. The molecule has 0 spiro atoms. The maximum absolute atomic E-state index is 3.27. The van der Waals surface area contributed by atoms with Gasteiger partial charge in [0.25, 0.3) is 0 Å². The van der Waals surface area contributed by atoms with Gasteiger partial charge in [0.2, 0.25) is 0 Å². The van der Waals surface area contributed by atoms with E-state index in [9.17, 15) is 0 Å². The Labute approximate surface area is 74.3 Å². The first-order chi connectivity index (χ1) is 5.29. The van der Waals surface area contributed by atoms with Crippen molar-refractivity contribution in [2.45, 2.75) is 25.5 Å². The van der Waals surface area contributed by atoms with Crippen LogP contribution < -0.4 is 10.6 Å². The zero-order valence-corrected chi connectivity index (χ0v) is 8.00.